The molecule has 4 aromatic rings. The fourth-order valence-corrected chi connectivity index (χ4v) is 6.12. The molecule has 0 bridgehead atoms. The van der Waals surface area contributed by atoms with Crippen molar-refractivity contribution in [3.05, 3.63) is 144 Å². The highest BCUT2D eigenvalue weighted by atomic mass is 32.2. The molecule has 2 amide bonds. The van der Waals surface area contributed by atoms with Gasteiger partial charge in [0, 0.05) is 5.75 Å². The minimum Gasteiger partial charge on any atom is -0.465 e. The predicted molar refractivity (Wildman–Crippen MR) is 165 cm³/mol. The maximum atomic E-state index is 13.4. The minimum absolute atomic E-state index is 0.0545. The minimum atomic E-state index is -1.01. The number of nitrogens with one attached hydrogen (secondary N) is 2. The SMILES string of the molecule is CCOC(=O)CNC(=O)C(CSC(c1ccccc1)(c1ccccc1)c1ccccc1)NC(=O)OCc1ccccc1. The number of hydrogen-bond donors (Lipinski definition) is 2. The second-order valence-corrected chi connectivity index (χ2v) is 10.6. The lowest BCUT2D eigenvalue weighted by molar-refractivity contribution is -0.143. The van der Waals surface area contributed by atoms with Gasteiger partial charge in [0.2, 0.25) is 5.91 Å². The second-order valence-electron chi connectivity index (χ2n) is 9.37. The van der Waals surface area contributed by atoms with Crippen molar-refractivity contribution in [2.24, 2.45) is 0 Å². The van der Waals surface area contributed by atoms with Crippen LogP contribution in [0.1, 0.15) is 29.2 Å². The normalized spacial score (nSPS) is 11.6. The summed E-state index contributed by atoms with van der Waals surface area (Å²) in [7, 11) is 0. The molecule has 0 aliphatic heterocycles. The van der Waals surface area contributed by atoms with Crippen LogP contribution in [0.2, 0.25) is 0 Å². The van der Waals surface area contributed by atoms with Crippen molar-refractivity contribution < 1.29 is 23.9 Å². The molecule has 42 heavy (non-hydrogen) atoms. The molecule has 4 aromatic carbocycles. The number of thioether (sulfide) groups is 1. The van der Waals surface area contributed by atoms with E-state index in [1.54, 1.807) is 6.92 Å². The van der Waals surface area contributed by atoms with Crippen molar-refractivity contribution in [1.82, 2.24) is 10.6 Å². The summed E-state index contributed by atoms with van der Waals surface area (Å²) in [4.78, 5) is 38.2. The Balaban J connectivity index is 1.64. The van der Waals surface area contributed by atoms with E-state index in [-0.39, 0.29) is 25.5 Å². The van der Waals surface area contributed by atoms with E-state index in [0.717, 1.165) is 22.3 Å². The van der Waals surface area contributed by atoms with Crippen LogP contribution >= 0.6 is 11.8 Å². The molecule has 216 valence electrons. The predicted octanol–water partition coefficient (Wildman–Crippen LogP) is 5.69. The summed E-state index contributed by atoms with van der Waals surface area (Å²) < 4.78 is 9.68. The number of amides is 2. The molecule has 0 fully saturated rings. The number of carbonyl (C=O) groups excluding carboxylic acids is 3. The van der Waals surface area contributed by atoms with Gasteiger partial charge in [0.05, 0.1) is 11.4 Å². The molecule has 1 atom stereocenters. The van der Waals surface area contributed by atoms with Gasteiger partial charge in [-0.15, -0.1) is 11.8 Å². The van der Waals surface area contributed by atoms with Crippen LogP contribution in [0.5, 0.6) is 0 Å². The molecule has 0 saturated carbocycles. The Morgan fingerprint density at radius 3 is 1.67 bits per heavy atom. The Labute approximate surface area is 250 Å². The number of benzene rings is 4. The number of ether oxygens (including phenoxy) is 2. The van der Waals surface area contributed by atoms with Crippen LogP contribution in [0, 0.1) is 0 Å². The number of rotatable bonds is 13. The zero-order chi connectivity index (χ0) is 29.6. The first-order chi connectivity index (χ1) is 20.5. The molecule has 8 heteroatoms. The van der Waals surface area contributed by atoms with Crippen LogP contribution < -0.4 is 10.6 Å². The van der Waals surface area contributed by atoms with Gasteiger partial charge in [-0.2, -0.15) is 0 Å². The average Bonchev–Trinajstić information content (AvgIpc) is 3.04. The summed E-state index contributed by atoms with van der Waals surface area (Å²) in [5.41, 5.74) is 3.88. The van der Waals surface area contributed by atoms with E-state index < -0.39 is 28.8 Å². The van der Waals surface area contributed by atoms with E-state index >= 15 is 0 Å². The second kappa shape index (κ2) is 15.4. The van der Waals surface area contributed by atoms with E-state index in [1.165, 1.54) is 11.8 Å². The lowest BCUT2D eigenvalue weighted by Crippen LogP contribution is -2.50. The summed E-state index contributed by atoms with van der Waals surface area (Å²) in [6, 6.07) is 38.4. The van der Waals surface area contributed by atoms with Gasteiger partial charge < -0.3 is 20.1 Å². The summed E-state index contributed by atoms with van der Waals surface area (Å²) in [5.74, 6) is -0.903. The quantitative estimate of drug-likeness (QED) is 0.156. The molecule has 0 heterocycles. The van der Waals surface area contributed by atoms with Crippen molar-refractivity contribution in [2.75, 3.05) is 18.9 Å². The topological polar surface area (TPSA) is 93.7 Å². The van der Waals surface area contributed by atoms with Gasteiger partial charge in [0.25, 0.3) is 0 Å². The van der Waals surface area contributed by atoms with Gasteiger partial charge >= 0.3 is 12.1 Å². The lowest BCUT2D eigenvalue weighted by Gasteiger charge is -2.36. The molecule has 0 aliphatic rings. The molecule has 7 nitrogen and oxygen atoms in total. The van der Waals surface area contributed by atoms with E-state index in [4.69, 9.17) is 9.47 Å². The van der Waals surface area contributed by atoms with E-state index in [2.05, 4.69) is 47.0 Å². The molecule has 0 radical (unpaired) electrons. The third-order valence-electron chi connectivity index (χ3n) is 6.54. The zero-order valence-electron chi connectivity index (χ0n) is 23.4. The molecular weight excluding hydrogens is 548 g/mol. The lowest BCUT2D eigenvalue weighted by atomic mass is 9.84. The smallest absolute Gasteiger partial charge is 0.408 e. The highest BCUT2D eigenvalue weighted by Crippen LogP contribution is 2.48. The first-order valence-corrected chi connectivity index (χ1v) is 14.7. The average molecular weight is 583 g/mol. The molecule has 0 aromatic heterocycles. The number of hydrogen-bond acceptors (Lipinski definition) is 6. The van der Waals surface area contributed by atoms with Crippen LogP contribution in [-0.2, 0) is 30.4 Å². The summed E-state index contributed by atoms with van der Waals surface area (Å²) in [6.07, 6.45) is -0.736. The molecule has 1 unspecified atom stereocenters. The monoisotopic (exact) mass is 582 g/mol. The van der Waals surface area contributed by atoms with Gasteiger partial charge in [-0.3, -0.25) is 9.59 Å². The Bertz CT molecular complexity index is 1320. The van der Waals surface area contributed by atoms with E-state index in [9.17, 15) is 14.4 Å². The van der Waals surface area contributed by atoms with Crippen molar-refractivity contribution in [1.29, 1.82) is 0 Å². The van der Waals surface area contributed by atoms with Crippen LogP contribution in [0.3, 0.4) is 0 Å². The molecule has 2 N–H and O–H groups in total. The summed E-state index contributed by atoms with van der Waals surface area (Å²) in [5, 5.41) is 5.33. The third kappa shape index (κ3) is 8.01. The van der Waals surface area contributed by atoms with Crippen molar-refractivity contribution in [2.45, 2.75) is 24.3 Å². The van der Waals surface area contributed by atoms with Crippen LogP contribution in [-0.4, -0.2) is 42.9 Å². The first-order valence-electron chi connectivity index (χ1n) is 13.7. The molecule has 0 aliphatic carbocycles. The fraction of sp³-hybridized carbons (Fsp3) is 0.206. The van der Waals surface area contributed by atoms with Crippen LogP contribution in [0.25, 0.3) is 0 Å². The van der Waals surface area contributed by atoms with E-state index in [0.29, 0.717) is 0 Å². The zero-order valence-corrected chi connectivity index (χ0v) is 24.2. The van der Waals surface area contributed by atoms with Crippen LogP contribution in [0.15, 0.2) is 121 Å². The summed E-state index contributed by atoms with van der Waals surface area (Å²) >= 11 is 1.52. The Morgan fingerprint density at radius 2 is 1.19 bits per heavy atom. The molecule has 0 spiro atoms. The fourth-order valence-electron chi connectivity index (χ4n) is 4.56. The van der Waals surface area contributed by atoms with Gasteiger partial charge in [-0.05, 0) is 29.2 Å². The Hall–Kier alpha value is -4.56. The molecular formula is C34H34N2O5S. The van der Waals surface area contributed by atoms with Crippen molar-refractivity contribution >= 4 is 29.7 Å². The van der Waals surface area contributed by atoms with Crippen molar-refractivity contribution in [3.63, 3.8) is 0 Å². The van der Waals surface area contributed by atoms with Gasteiger partial charge in [-0.25, -0.2) is 4.79 Å². The molecule has 0 saturated heterocycles. The number of carbonyl (C=O) groups is 3. The Kier molecular flexibility index (Phi) is 11.2. The van der Waals surface area contributed by atoms with E-state index in [1.807, 2.05) is 84.9 Å². The summed E-state index contributed by atoms with van der Waals surface area (Å²) in [6.45, 7) is 1.64. The van der Waals surface area contributed by atoms with Crippen LogP contribution in [0.4, 0.5) is 4.79 Å². The highest BCUT2D eigenvalue weighted by Gasteiger charge is 2.38. The van der Waals surface area contributed by atoms with Gasteiger partial charge in [0.15, 0.2) is 0 Å². The molecule has 4 rings (SSSR count). The van der Waals surface area contributed by atoms with Gasteiger partial charge in [-0.1, -0.05) is 121 Å². The largest absolute Gasteiger partial charge is 0.465 e. The highest BCUT2D eigenvalue weighted by molar-refractivity contribution is 8.00. The maximum Gasteiger partial charge on any atom is 0.408 e. The maximum absolute atomic E-state index is 13.4. The first kappa shape index (κ1) is 30.4. The standard InChI is InChI=1S/C34H34N2O5S/c1-2-40-31(37)23-35-32(38)30(36-33(39)41-24-26-15-7-3-8-16-26)25-42-34(27-17-9-4-10-18-27,28-19-11-5-12-20-28)29-21-13-6-14-22-29/h3-22,30H,2,23-25H2,1H3,(H,35,38)(H,36,39). The van der Waals surface area contributed by atoms with Crippen molar-refractivity contribution in [3.8, 4) is 0 Å². The number of esters is 1. The van der Waals surface area contributed by atoms with Gasteiger partial charge in [0.1, 0.15) is 19.2 Å². The number of alkyl carbamates (subject to hydrolysis) is 1. The third-order valence-corrected chi connectivity index (χ3v) is 8.18. The Morgan fingerprint density at radius 1 is 0.714 bits per heavy atom.